The van der Waals surface area contributed by atoms with Crippen LogP contribution >= 0.6 is 33.9 Å². The first-order valence-corrected chi connectivity index (χ1v) is 8.05. The fourth-order valence-corrected chi connectivity index (χ4v) is 4.53. The maximum atomic E-state index is 8.81. The molecular weight excluding hydrogens is 343 g/mol. The van der Waals surface area contributed by atoms with Gasteiger partial charge in [0.2, 0.25) is 0 Å². The largest absolute Gasteiger partial charge is 0.306 e. The van der Waals surface area contributed by atoms with Gasteiger partial charge in [0.15, 0.2) is 0 Å². The van der Waals surface area contributed by atoms with Crippen LogP contribution in [0.1, 0.15) is 49.1 Å². The highest BCUT2D eigenvalue weighted by Gasteiger charge is 2.24. The Morgan fingerprint density at radius 2 is 2.53 bits per heavy atom. The topological polar surface area (TPSA) is 35.8 Å². The van der Waals surface area contributed by atoms with E-state index in [2.05, 4.69) is 47.0 Å². The summed E-state index contributed by atoms with van der Waals surface area (Å²) < 4.78 is 1.38. The lowest BCUT2D eigenvalue weighted by Gasteiger charge is -2.27. The fraction of sp³-hybridized carbons (Fsp3) is 0.615. The molecule has 2 rings (SSSR count). The SMILES string of the molecule is CCC(CC#N)NC1CCCc2sc(I)cc21. The monoisotopic (exact) mass is 360 g/mol. The molecule has 2 unspecified atom stereocenters. The smallest absolute Gasteiger partial charge is 0.0659 e. The van der Waals surface area contributed by atoms with Crippen molar-refractivity contribution in [2.24, 2.45) is 0 Å². The second-order valence-corrected chi connectivity index (χ2v) is 7.54. The standard InChI is InChI=1S/C13H17IN2S/c1-2-9(6-7-15)16-11-4-3-5-12-10(11)8-13(14)17-12/h8-9,11,16H,2-6H2,1H3. The van der Waals surface area contributed by atoms with Gasteiger partial charge < -0.3 is 5.32 Å². The highest BCUT2D eigenvalue weighted by atomic mass is 127. The van der Waals surface area contributed by atoms with Crippen molar-refractivity contribution >= 4 is 33.9 Å². The molecule has 1 N–H and O–H groups in total. The lowest BCUT2D eigenvalue weighted by molar-refractivity contribution is 0.391. The van der Waals surface area contributed by atoms with Gasteiger partial charge in [0.1, 0.15) is 0 Å². The van der Waals surface area contributed by atoms with Crippen molar-refractivity contribution in [3.05, 3.63) is 19.4 Å². The second kappa shape index (κ2) is 6.17. The minimum Gasteiger partial charge on any atom is -0.306 e. The molecule has 0 aromatic carbocycles. The molecule has 92 valence electrons. The first-order chi connectivity index (χ1) is 8.24. The third-order valence-electron chi connectivity index (χ3n) is 3.35. The van der Waals surface area contributed by atoms with E-state index in [0.29, 0.717) is 18.5 Å². The minimum atomic E-state index is 0.341. The normalized spacial score (nSPS) is 20.6. The van der Waals surface area contributed by atoms with Crippen molar-refractivity contribution in [2.45, 2.75) is 51.1 Å². The summed E-state index contributed by atoms with van der Waals surface area (Å²) in [4.78, 5) is 1.55. The van der Waals surface area contributed by atoms with E-state index in [4.69, 9.17) is 5.26 Å². The Hall–Kier alpha value is -0.120. The molecule has 0 saturated carbocycles. The van der Waals surface area contributed by atoms with Crippen LogP contribution in [0.3, 0.4) is 0 Å². The van der Waals surface area contributed by atoms with Crippen molar-refractivity contribution in [1.82, 2.24) is 5.32 Å². The van der Waals surface area contributed by atoms with Gasteiger partial charge in [0, 0.05) is 17.0 Å². The van der Waals surface area contributed by atoms with Gasteiger partial charge in [-0.1, -0.05) is 6.92 Å². The Balaban J connectivity index is 2.10. The van der Waals surface area contributed by atoms with Crippen LogP contribution in [0.2, 0.25) is 0 Å². The zero-order chi connectivity index (χ0) is 12.3. The summed E-state index contributed by atoms with van der Waals surface area (Å²) in [5.74, 6) is 0. The summed E-state index contributed by atoms with van der Waals surface area (Å²) in [6.45, 7) is 2.15. The number of hydrogen-bond donors (Lipinski definition) is 1. The molecule has 0 spiro atoms. The van der Waals surface area contributed by atoms with Gasteiger partial charge in [-0.05, 0) is 59.9 Å². The van der Waals surface area contributed by atoms with Gasteiger partial charge in [0.25, 0.3) is 0 Å². The lowest BCUT2D eigenvalue weighted by Crippen LogP contribution is -2.33. The highest BCUT2D eigenvalue weighted by molar-refractivity contribution is 14.1. The van der Waals surface area contributed by atoms with Crippen LogP contribution in [0, 0.1) is 14.2 Å². The average Bonchev–Trinajstić information content (AvgIpc) is 2.70. The van der Waals surface area contributed by atoms with Crippen molar-refractivity contribution in [2.75, 3.05) is 0 Å². The summed E-state index contributed by atoms with van der Waals surface area (Å²) in [5.41, 5.74) is 1.49. The van der Waals surface area contributed by atoms with Crippen LogP contribution in [0.5, 0.6) is 0 Å². The lowest BCUT2D eigenvalue weighted by atomic mass is 9.93. The fourth-order valence-electron chi connectivity index (χ4n) is 2.41. The number of nitriles is 1. The van der Waals surface area contributed by atoms with E-state index in [1.807, 2.05) is 11.3 Å². The number of fused-ring (bicyclic) bond motifs is 1. The van der Waals surface area contributed by atoms with Crippen LogP contribution in [0.15, 0.2) is 6.07 Å². The second-order valence-electron chi connectivity index (χ2n) is 4.51. The van der Waals surface area contributed by atoms with E-state index in [0.717, 1.165) is 6.42 Å². The van der Waals surface area contributed by atoms with Gasteiger partial charge >= 0.3 is 0 Å². The predicted octanol–water partition coefficient (Wildman–Crippen LogP) is 4.01. The molecule has 0 saturated heterocycles. The van der Waals surface area contributed by atoms with E-state index < -0.39 is 0 Å². The van der Waals surface area contributed by atoms with Crippen molar-refractivity contribution in [3.8, 4) is 6.07 Å². The van der Waals surface area contributed by atoms with Gasteiger partial charge in [-0.3, -0.25) is 0 Å². The summed E-state index contributed by atoms with van der Waals surface area (Å²) in [6.07, 6.45) is 5.35. The molecule has 0 radical (unpaired) electrons. The zero-order valence-corrected chi connectivity index (χ0v) is 13.0. The van der Waals surface area contributed by atoms with Gasteiger partial charge in [0.05, 0.1) is 15.4 Å². The highest BCUT2D eigenvalue weighted by Crippen LogP contribution is 2.36. The quantitative estimate of drug-likeness (QED) is 0.824. The Morgan fingerprint density at radius 3 is 3.24 bits per heavy atom. The number of aryl methyl sites for hydroxylation is 1. The number of nitrogens with one attached hydrogen (secondary N) is 1. The number of thiophene rings is 1. The van der Waals surface area contributed by atoms with Crippen LogP contribution in [0.25, 0.3) is 0 Å². The summed E-state index contributed by atoms with van der Waals surface area (Å²) in [6, 6.07) is 5.40. The minimum absolute atomic E-state index is 0.341. The number of halogens is 1. The Morgan fingerprint density at radius 1 is 1.71 bits per heavy atom. The Labute approximate surface area is 121 Å². The predicted molar refractivity (Wildman–Crippen MR) is 80.2 cm³/mol. The Bertz CT molecular complexity index is 422. The van der Waals surface area contributed by atoms with Crippen LogP contribution in [0.4, 0.5) is 0 Å². The number of nitrogens with zero attached hydrogens (tertiary/aromatic N) is 1. The van der Waals surface area contributed by atoms with E-state index in [1.54, 1.807) is 4.88 Å². The average molecular weight is 360 g/mol. The molecule has 0 fully saturated rings. The molecule has 1 heterocycles. The number of hydrogen-bond acceptors (Lipinski definition) is 3. The summed E-state index contributed by atoms with van der Waals surface area (Å²) in [5, 5.41) is 12.5. The van der Waals surface area contributed by atoms with E-state index in [1.165, 1.54) is 27.7 Å². The molecule has 4 heteroatoms. The van der Waals surface area contributed by atoms with Gasteiger partial charge in [-0.15, -0.1) is 11.3 Å². The third kappa shape index (κ3) is 3.21. The van der Waals surface area contributed by atoms with Crippen molar-refractivity contribution in [3.63, 3.8) is 0 Å². The molecule has 1 aliphatic carbocycles. The molecule has 17 heavy (non-hydrogen) atoms. The van der Waals surface area contributed by atoms with Crippen molar-refractivity contribution < 1.29 is 0 Å². The molecule has 0 aliphatic heterocycles. The first-order valence-electron chi connectivity index (χ1n) is 6.15. The van der Waals surface area contributed by atoms with Crippen LogP contribution in [-0.4, -0.2) is 6.04 Å². The Kier molecular flexibility index (Phi) is 4.83. The first kappa shape index (κ1) is 13.3. The van der Waals surface area contributed by atoms with Crippen molar-refractivity contribution in [1.29, 1.82) is 5.26 Å². The molecule has 2 atom stereocenters. The molecule has 0 amide bonds. The van der Waals surface area contributed by atoms with E-state index >= 15 is 0 Å². The zero-order valence-electron chi connectivity index (χ0n) is 10.0. The van der Waals surface area contributed by atoms with Gasteiger partial charge in [-0.25, -0.2) is 0 Å². The van der Waals surface area contributed by atoms with Gasteiger partial charge in [-0.2, -0.15) is 5.26 Å². The van der Waals surface area contributed by atoms with E-state index in [9.17, 15) is 0 Å². The summed E-state index contributed by atoms with van der Waals surface area (Å²) >= 11 is 4.33. The molecule has 1 aromatic rings. The summed E-state index contributed by atoms with van der Waals surface area (Å²) in [7, 11) is 0. The maximum Gasteiger partial charge on any atom is 0.0659 e. The molecule has 2 nitrogen and oxygen atoms in total. The molecule has 0 bridgehead atoms. The van der Waals surface area contributed by atoms with Crippen LogP contribution in [-0.2, 0) is 6.42 Å². The molecule has 1 aliphatic rings. The molecule has 1 aromatic heterocycles. The molecular formula is C13H17IN2S. The third-order valence-corrected chi connectivity index (χ3v) is 5.32. The maximum absolute atomic E-state index is 8.81. The van der Waals surface area contributed by atoms with Crippen LogP contribution < -0.4 is 5.32 Å². The number of rotatable bonds is 4. The van der Waals surface area contributed by atoms with E-state index in [-0.39, 0.29) is 0 Å².